The van der Waals surface area contributed by atoms with Crippen molar-refractivity contribution in [2.24, 2.45) is 0 Å². The summed E-state index contributed by atoms with van der Waals surface area (Å²) in [7, 11) is 3.69. The molecule has 1 rings (SSSR count). The second kappa shape index (κ2) is 3.88. The van der Waals surface area contributed by atoms with Gasteiger partial charge in [0, 0.05) is 10.2 Å². The van der Waals surface area contributed by atoms with Crippen molar-refractivity contribution >= 4 is 10.2 Å². The van der Waals surface area contributed by atoms with Crippen LogP contribution in [-0.2, 0) is 0 Å². The zero-order chi connectivity index (χ0) is 6.53. The van der Waals surface area contributed by atoms with Crippen LogP contribution in [0.2, 0.25) is 5.54 Å². The lowest BCUT2D eigenvalue weighted by Crippen LogP contribution is -1.93. The van der Waals surface area contributed by atoms with Crippen LogP contribution in [0, 0.1) is 0 Å². The smallest absolute Gasteiger partial charge is 0.0266 e. The van der Waals surface area contributed by atoms with Crippen molar-refractivity contribution in [1.82, 2.24) is 0 Å². The van der Waals surface area contributed by atoms with Gasteiger partial charge in [-0.1, -0.05) is 30.5 Å². The zero-order valence-corrected chi connectivity index (χ0v) is 6.77. The lowest BCUT2D eigenvalue weighted by Gasteiger charge is -2.10. The number of hydrogen-bond donors (Lipinski definition) is 0. The summed E-state index contributed by atoms with van der Waals surface area (Å²) in [5.74, 6) is 0. The van der Waals surface area contributed by atoms with Crippen LogP contribution < -0.4 is 0 Å². The van der Waals surface area contributed by atoms with E-state index in [2.05, 4.69) is 22.4 Å². The molecule has 0 saturated carbocycles. The molecule has 1 atom stereocenters. The fourth-order valence-corrected chi connectivity index (χ4v) is 1.53. The van der Waals surface area contributed by atoms with E-state index < -0.39 is 0 Å². The molecule has 1 unspecified atom stereocenters. The van der Waals surface area contributed by atoms with Crippen LogP contribution in [0.1, 0.15) is 32.1 Å². The van der Waals surface area contributed by atoms with Gasteiger partial charge in [-0.3, -0.25) is 0 Å². The maximum absolute atomic E-state index is 3.69. The van der Waals surface area contributed by atoms with Crippen LogP contribution in [0.3, 0.4) is 0 Å². The Kier molecular flexibility index (Phi) is 3.05. The Morgan fingerprint density at radius 1 is 1.11 bits per heavy atom. The van der Waals surface area contributed by atoms with Crippen molar-refractivity contribution in [3.05, 3.63) is 12.2 Å². The largest absolute Gasteiger partial charge is 0.0885 e. The molecule has 0 aromatic rings. The summed E-state index contributed by atoms with van der Waals surface area (Å²) in [4.78, 5) is 0. The van der Waals surface area contributed by atoms with Gasteiger partial charge in [0.2, 0.25) is 0 Å². The van der Waals surface area contributed by atoms with Crippen LogP contribution in [0.4, 0.5) is 0 Å². The highest BCUT2D eigenvalue weighted by Gasteiger charge is 2.01. The minimum Gasteiger partial charge on any atom is -0.0885 e. The Morgan fingerprint density at radius 3 is 2.78 bits per heavy atom. The van der Waals surface area contributed by atoms with Crippen molar-refractivity contribution in [2.75, 3.05) is 0 Å². The second-order valence-corrected chi connectivity index (χ2v) is 3.49. The van der Waals surface area contributed by atoms with Crippen LogP contribution >= 0.6 is 0 Å². The van der Waals surface area contributed by atoms with Crippen LogP contribution in [0.15, 0.2) is 12.2 Å². The molecule has 0 bridgehead atoms. The van der Waals surface area contributed by atoms with Gasteiger partial charge >= 0.3 is 0 Å². The molecule has 0 aromatic heterocycles. The third-order valence-corrected chi connectivity index (χ3v) is 2.35. The molecule has 1 heteroatoms. The normalized spacial score (nSPS) is 32.8. The molecule has 3 radical (unpaired) electrons. The molecule has 0 N–H and O–H groups in total. The minimum absolute atomic E-state index is 0.773. The van der Waals surface area contributed by atoms with E-state index in [1.807, 2.05) is 0 Å². The van der Waals surface area contributed by atoms with E-state index in [1.54, 1.807) is 0 Å². The number of allylic oxidation sites excluding steroid dienone is 2. The first-order valence-corrected chi connectivity index (χ1v) is 4.33. The van der Waals surface area contributed by atoms with E-state index in [0.29, 0.717) is 0 Å². The van der Waals surface area contributed by atoms with Gasteiger partial charge in [-0.15, -0.1) is 0 Å². The number of rotatable bonds is 0. The first-order valence-electron chi connectivity index (χ1n) is 3.76. The van der Waals surface area contributed by atoms with Crippen molar-refractivity contribution < 1.29 is 0 Å². The lowest BCUT2D eigenvalue weighted by molar-refractivity contribution is 0.637. The topological polar surface area (TPSA) is 0 Å². The molecule has 0 fully saturated rings. The van der Waals surface area contributed by atoms with Gasteiger partial charge in [0.1, 0.15) is 0 Å². The van der Waals surface area contributed by atoms with Crippen LogP contribution in [0.5, 0.6) is 0 Å². The van der Waals surface area contributed by atoms with Crippen LogP contribution in [0.25, 0.3) is 0 Å². The summed E-state index contributed by atoms with van der Waals surface area (Å²) < 4.78 is 0. The number of hydrogen-bond acceptors (Lipinski definition) is 0. The fourth-order valence-electron chi connectivity index (χ4n) is 1.16. The highest BCUT2D eigenvalue weighted by Crippen LogP contribution is 2.19. The van der Waals surface area contributed by atoms with Gasteiger partial charge in [-0.25, -0.2) is 0 Å². The molecule has 0 amide bonds. The maximum atomic E-state index is 3.69. The van der Waals surface area contributed by atoms with Crippen molar-refractivity contribution in [1.29, 1.82) is 0 Å². The van der Waals surface area contributed by atoms with E-state index in [1.165, 1.54) is 32.1 Å². The molecule has 0 saturated heterocycles. The average Bonchev–Trinajstić information content (AvgIpc) is 1.79. The Morgan fingerprint density at radius 2 is 1.89 bits per heavy atom. The zero-order valence-electron chi connectivity index (χ0n) is 5.77. The monoisotopic (exact) mass is 137 g/mol. The molecule has 1 aliphatic rings. The SMILES string of the molecule is [Si]C1CC/C=C\CCC1. The van der Waals surface area contributed by atoms with Crippen molar-refractivity contribution in [3.63, 3.8) is 0 Å². The quantitative estimate of drug-likeness (QED) is 0.355. The summed E-state index contributed by atoms with van der Waals surface area (Å²) in [5.41, 5.74) is 0.773. The van der Waals surface area contributed by atoms with E-state index in [9.17, 15) is 0 Å². The summed E-state index contributed by atoms with van der Waals surface area (Å²) >= 11 is 0. The molecule has 0 aliphatic heterocycles. The van der Waals surface area contributed by atoms with E-state index in [-0.39, 0.29) is 0 Å². The fraction of sp³-hybridized carbons (Fsp3) is 0.750. The Hall–Kier alpha value is -0.0431. The first-order chi connectivity index (χ1) is 4.39. The van der Waals surface area contributed by atoms with Gasteiger partial charge in [-0.2, -0.15) is 0 Å². The standard InChI is InChI=1S/C8H13Si/c9-8-6-4-2-1-3-5-7-8/h1-2,8H,3-7H2/b2-1-. The molecule has 0 heterocycles. The summed E-state index contributed by atoms with van der Waals surface area (Å²) in [5, 5.41) is 0. The van der Waals surface area contributed by atoms with Gasteiger partial charge in [0.05, 0.1) is 0 Å². The summed E-state index contributed by atoms with van der Waals surface area (Å²) in [6, 6.07) is 0. The molecule has 0 spiro atoms. The molecule has 0 nitrogen and oxygen atoms in total. The summed E-state index contributed by atoms with van der Waals surface area (Å²) in [6.07, 6.45) is 11.2. The highest BCUT2D eigenvalue weighted by atomic mass is 28.1. The third-order valence-electron chi connectivity index (χ3n) is 1.77. The van der Waals surface area contributed by atoms with Crippen molar-refractivity contribution in [2.45, 2.75) is 37.6 Å². The minimum atomic E-state index is 0.773. The lowest BCUT2D eigenvalue weighted by atomic mass is 10.1. The Labute approximate surface area is 60.8 Å². The van der Waals surface area contributed by atoms with Gasteiger partial charge in [0.25, 0.3) is 0 Å². The summed E-state index contributed by atoms with van der Waals surface area (Å²) in [6.45, 7) is 0. The highest BCUT2D eigenvalue weighted by molar-refractivity contribution is 6.11. The molecule has 1 aliphatic carbocycles. The maximum Gasteiger partial charge on any atom is 0.0266 e. The predicted octanol–water partition coefficient (Wildman–Crippen LogP) is 2.46. The molecule has 0 aromatic carbocycles. The van der Waals surface area contributed by atoms with Crippen molar-refractivity contribution in [3.8, 4) is 0 Å². The Balaban J connectivity index is 2.27. The van der Waals surface area contributed by atoms with Gasteiger partial charge < -0.3 is 0 Å². The third kappa shape index (κ3) is 2.85. The van der Waals surface area contributed by atoms with Gasteiger partial charge in [-0.05, 0) is 19.3 Å². The predicted molar refractivity (Wildman–Crippen MR) is 41.7 cm³/mol. The van der Waals surface area contributed by atoms with Crippen LogP contribution in [-0.4, -0.2) is 10.2 Å². The molecular weight excluding hydrogens is 124 g/mol. The first kappa shape index (κ1) is 7.07. The van der Waals surface area contributed by atoms with E-state index in [4.69, 9.17) is 0 Å². The molecule has 9 heavy (non-hydrogen) atoms. The Bertz CT molecular complexity index is 96.7. The van der Waals surface area contributed by atoms with Gasteiger partial charge in [0.15, 0.2) is 0 Å². The van der Waals surface area contributed by atoms with E-state index >= 15 is 0 Å². The average molecular weight is 137 g/mol. The van der Waals surface area contributed by atoms with E-state index in [0.717, 1.165) is 5.54 Å². The second-order valence-electron chi connectivity index (χ2n) is 2.68. The molecule has 49 valence electrons. The molecular formula is C8H13Si.